The Morgan fingerprint density at radius 1 is 0.829 bits per heavy atom. The Morgan fingerprint density at radius 2 is 1.51 bits per heavy atom. The van der Waals surface area contributed by atoms with Crippen LogP contribution in [0.3, 0.4) is 0 Å². The van der Waals surface area contributed by atoms with Crippen LogP contribution >= 0.6 is 0 Å². The van der Waals surface area contributed by atoms with Gasteiger partial charge < -0.3 is 9.15 Å². The predicted molar refractivity (Wildman–Crippen MR) is 135 cm³/mol. The number of carbonyl (C=O) groups is 2. The normalized spacial score (nSPS) is 11.0. The molecule has 0 saturated heterocycles. The van der Waals surface area contributed by atoms with E-state index in [0.29, 0.717) is 28.8 Å². The molecule has 6 heteroatoms. The molecule has 4 rings (SSSR count). The first-order valence-corrected chi connectivity index (χ1v) is 12.0. The second-order valence-corrected chi connectivity index (χ2v) is 8.59. The van der Waals surface area contributed by atoms with Crippen molar-refractivity contribution in [3.05, 3.63) is 100 Å². The van der Waals surface area contributed by atoms with Gasteiger partial charge in [0.1, 0.15) is 5.75 Å². The van der Waals surface area contributed by atoms with Crippen LogP contribution < -0.4 is 10.5 Å². The molecule has 0 amide bonds. The minimum absolute atomic E-state index is 0.210. The van der Waals surface area contributed by atoms with E-state index in [9.17, 15) is 14.4 Å². The van der Waals surface area contributed by atoms with Crippen molar-refractivity contribution in [1.29, 1.82) is 0 Å². The van der Waals surface area contributed by atoms with Crippen LogP contribution in [0.2, 0.25) is 0 Å². The number of hydrogen-bond donors (Lipinski definition) is 0. The predicted octanol–water partition coefficient (Wildman–Crippen LogP) is 6.06. The fraction of sp³-hybridized carbons (Fsp3) is 0.276. The molecule has 0 bridgehead atoms. The summed E-state index contributed by atoms with van der Waals surface area (Å²) >= 11 is 0. The molecule has 0 radical (unpaired) electrons. The summed E-state index contributed by atoms with van der Waals surface area (Å²) in [4.78, 5) is 38.1. The number of unbranched alkanes of at least 4 members (excludes halogenated alkanes) is 4. The van der Waals surface area contributed by atoms with Crippen LogP contribution in [0.5, 0.6) is 5.75 Å². The average Bonchev–Trinajstić information content (AvgIpc) is 3.23. The van der Waals surface area contributed by atoms with Crippen molar-refractivity contribution in [2.24, 2.45) is 0 Å². The lowest BCUT2D eigenvalue weighted by Crippen LogP contribution is -2.22. The van der Waals surface area contributed by atoms with E-state index in [1.165, 1.54) is 5.56 Å². The van der Waals surface area contributed by atoms with Crippen molar-refractivity contribution >= 4 is 22.8 Å². The Kier molecular flexibility index (Phi) is 7.93. The van der Waals surface area contributed by atoms with Gasteiger partial charge in [0.05, 0.1) is 12.6 Å². The first-order chi connectivity index (χ1) is 17.1. The summed E-state index contributed by atoms with van der Waals surface area (Å²) in [5.41, 5.74) is 2.82. The largest absolute Gasteiger partial charge is 0.497 e. The van der Waals surface area contributed by atoms with Gasteiger partial charge in [0.15, 0.2) is 11.4 Å². The van der Waals surface area contributed by atoms with Crippen LogP contribution in [0.4, 0.5) is 0 Å². The molecular formula is C29H29NO5. The van der Waals surface area contributed by atoms with Crippen LogP contribution in [0.25, 0.3) is 11.1 Å². The first kappa shape index (κ1) is 24.2. The number of benzene rings is 3. The van der Waals surface area contributed by atoms with Crippen molar-refractivity contribution in [2.45, 2.75) is 44.9 Å². The molecule has 0 aliphatic heterocycles. The molecule has 0 saturated carbocycles. The summed E-state index contributed by atoms with van der Waals surface area (Å²) < 4.78 is 11.4. The highest BCUT2D eigenvalue weighted by atomic mass is 16.5. The molecule has 35 heavy (non-hydrogen) atoms. The minimum atomic E-state index is -0.720. The van der Waals surface area contributed by atoms with Crippen molar-refractivity contribution in [3.8, 4) is 5.75 Å². The lowest BCUT2D eigenvalue weighted by Gasteiger charge is -2.05. The zero-order chi connectivity index (χ0) is 24.6. The summed E-state index contributed by atoms with van der Waals surface area (Å²) in [5.74, 6) is -0.589. The van der Waals surface area contributed by atoms with E-state index in [1.54, 1.807) is 49.6 Å². The van der Waals surface area contributed by atoms with E-state index in [2.05, 4.69) is 24.3 Å². The first-order valence-electron chi connectivity index (χ1n) is 12.0. The van der Waals surface area contributed by atoms with E-state index in [0.717, 1.165) is 36.7 Å². The highest BCUT2D eigenvalue weighted by Gasteiger charge is 2.18. The maximum Gasteiger partial charge on any atom is 0.426 e. The van der Waals surface area contributed by atoms with Crippen LogP contribution in [0.15, 0.2) is 82.0 Å². The highest BCUT2D eigenvalue weighted by molar-refractivity contribution is 6.10. The molecule has 0 N–H and O–H groups in total. The number of aryl methyl sites for hydroxylation is 1. The molecule has 0 fully saturated rings. The van der Waals surface area contributed by atoms with Crippen LogP contribution in [-0.4, -0.2) is 23.4 Å². The fourth-order valence-electron chi connectivity index (χ4n) is 4.20. The Labute approximate surface area is 204 Å². The number of carbonyl (C=O) groups excluding carboxylic acids is 2. The SMILES string of the molecule is COc1ccc(C(=O)c2ccc3oc(=O)n(C(=O)CCCCCCCc4ccccc4)c3c2)cc1. The van der Waals surface area contributed by atoms with Gasteiger partial charge in [0.25, 0.3) is 0 Å². The summed E-state index contributed by atoms with van der Waals surface area (Å²) in [5, 5.41) is 0. The average molecular weight is 472 g/mol. The van der Waals surface area contributed by atoms with Crippen molar-refractivity contribution in [2.75, 3.05) is 7.11 Å². The molecule has 1 aromatic heterocycles. The molecule has 0 aliphatic rings. The smallest absolute Gasteiger partial charge is 0.426 e. The maximum atomic E-state index is 12.9. The van der Waals surface area contributed by atoms with Crippen LogP contribution in [0, 0.1) is 0 Å². The molecule has 4 aromatic rings. The summed E-state index contributed by atoms with van der Waals surface area (Å²) in [6.45, 7) is 0. The number of aromatic nitrogens is 1. The Balaban J connectivity index is 1.35. The second kappa shape index (κ2) is 11.5. The number of oxazole rings is 1. The number of rotatable bonds is 11. The molecule has 3 aromatic carbocycles. The second-order valence-electron chi connectivity index (χ2n) is 8.59. The third kappa shape index (κ3) is 5.96. The molecule has 1 heterocycles. The summed E-state index contributed by atoms with van der Waals surface area (Å²) in [6, 6.07) is 21.9. The fourth-order valence-corrected chi connectivity index (χ4v) is 4.20. The topological polar surface area (TPSA) is 78.5 Å². The molecule has 180 valence electrons. The van der Waals surface area contributed by atoms with Gasteiger partial charge in [-0.15, -0.1) is 0 Å². The van der Waals surface area contributed by atoms with E-state index < -0.39 is 5.76 Å². The number of methoxy groups -OCH3 is 1. The van der Waals surface area contributed by atoms with Gasteiger partial charge in [-0.25, -0.2) is 9.36 Å². The monoisotopic (exact) mass is 471 g/mol. The van der Waals surface area contributed by atoms with Crippen LogP contribution in [0.1, 0.15) is 64.8 Å². The Morgan fingerprint density at radius 3 is 2.26 bits per heavy atom. The van der Waals surface area contributed by atoms with E-state index >= 15 is 0 Å². The summed E-state index contributed by atoms with van der Waals surface area (Å²) in [7, 11) is 1.56. The van der Waals surface area contributed by atoms with Gasteiger partial charge in [-0.3, -0.25) is 9.59 Å². The van der Waals surface area contributed by atoms with Gasteiger partial charge >= 0.3 is 5.76 Å². The summed E-state index contributed by atoms with van der Waals surface area (Å²) in [6.07, 6.45) is 6.21. The molecule has 0 atom stereocenters. The van der Waals surface area contributed by atoms with Gasteiger partial charge in [-0.1, -0.05) is 49.6 Å². The van der Waals surface area contributed by atoms with Crippen molar-refractivity contribution in [1.82, 2.24) is 4.57 Å². The number of ether oxygens (including phenoxy) is 1. The lowest BCUT2D eigenvalue weighted by atomic mass is 10.0. The highest BCUT2D eigenvalue weighted by Crippen LogP contribution is 2.20. The molecule has 6 nitrogen and oxygen atoms in total. The van der Waals surface area contributed by atoms with Crippen molar-refractivity contribution in [3.63, 3.8) is 0 Å². The molecule has 0 spiro atoms. The molecule has 0 unspecified atom stereocenters. The number of hydrogen-bond acceptors (Lipinski definition) is 5. The maximum absolute atomic E-state index is 12.9. The lowest BCUT2D eigenvalue weighted by molar-refractivity contribution is 0.0894. The number of ketones is 1. The third-order valence-electron chi connectivity index (χ3n) is 6.14. The van der Waals surface area contributed by atoms with Gasteiger partial charge in [0.2, 0.25) is 5.91 Å². The number of nitrogens with zero attached hydrogens (tertiary/aromatic N) is 1. The van der Waals surface area contributed by atoms with E-state index in [4.69, 9.17) is 9.15 Å². The number of fused-ring (bicyclic) bond motifs is 1. The molecule has 0 aliphatic carbocycles. The van der Waals surface area contributed by atoms with Gasteiger partial charge in [-0.2, -0.15) is 0 Å². The Hall–Kier alpha value is -3.93. The Bertz CT molecular complexity index is 1350. The zero-order valence-electron chi connectivity index (χ0n) is 19.9. The zero-order valence-corrected chi connectivity index (χ0v) is 19.9. The standard InChI is InChI=1S/C29H29NO5/c1-34-24-17-14-22(15-18-24)28(32)23-16-19-26-25(20-23)30(29(33)35-26)27(31)13-9-4-2-3-6-10-21-11-7-5-8-12-21/h5,7-8,11-12,14-20H,2-4,6,9-10,13H2,1H3. The van der Waals surface area contributed by atoms with Gasteiger partial charge in [-0.05, 0) is 67.3 Å². The third-order valence-corrected chi connectivity index (χ3v) is 6.14. The van der Waals surface area contributed by atoms with Gasteiger partial charge in [0, 0.05) is 17.5 Å². The van der Waals surface area contributed by atoms with Crippen molar-refractivity contribution < 1.29 is 18.7 Å². The molecular weight excluding hydrogens is 442 g/mol. The van der Waals surface area contributed by atoms with Crippen LogP contribution in [-0.2, 0) is 6.42 Å². The van der Waals surface area contributed by atoms with E-state index in [-0.39, 0.29) is 23.7 Å². The minimum Gasteiger partial charge on any atom is -0.497 e. The quantitative estimate of drug-likeness (QED) is 0.196. The van der Waals surface area contributed by atoms with E-state index in [1.807, 2.05) is 6.07 Å².